The highest BCUT2D eigenvalue weighted by Gasteiger charge is 2.33. The van der Waals surface area contributed by atoms with Crippen LogP contribution in [-0.4, -0.2) is 36.4 Å². The van der Waals surface area contributed by atoms with Crippen molar-refractivity contribution in [3.63, 3.8) is 0 Å². The highest BCUT2D eigenvalue weighted by Crippen LogP contribution is 2.42. The van der Waals surface area contributed by atoms with E-state index in [9.17, 15) is 19.5 Å². The smallest absolute Gasteiger partial charge is 0.337 e. The zero-order chi connectivity index (χ0) is 21.3. The van der Waals surface area contributed by atoms with E-state index in [2.05, 4.69) is 0 Å². The molecule has 7 nitrogen and oxygen atoms in total. The lowest BCUT2D eigenvalue weighted by molar-refractivity contribution is -0.119. The van der Waals surface area contributed by atoms with Gasteiger partial charge < -0.3 is 14.6 Å². The molecule has 2 aromatic carbocycles. The Morgan fingerprint density at radius 1 is 1.14 bits per heavy atom. The number of aromatic hydroxyl groups is 1. The number of anilines is 1. The van der Waals surface area contributed by atoms with Crippen LogP contribution in [0.5, 0.6) is 17.2 Å². The molecule has 1 aliphatic rings. The molecular weight excluding hydrogens is 374 g/mol. The summed E-state index contributed by atoms with van der Waals surface area (Å²) in [5.74, 6) is -1.10. The first-order valence-corrected chi connectivity index (χ1v) is 9.16. The molecule has 29 heavy (non-hydrogen) atoms. The molecule has 0 saturated heterocycles. The number of hydrogen-bond donors (Lipinski definition) is 1. The number of esters is 1. The minimum atomic E-state index is -0.582. The summed E-state index contributed by atoms with van der Waals surface area (Å²) in [5, 5.41) is 10.3. The Morgan fingerprint density at radius 2 is 1.86 bits per heavy atom. The summed E-state index contributed by atoms with van der Waals surface area (Å²) in [5.41, 5.74) is 0.188. The van der Waals surface area contributed by atoms with E-state index < -0.39 is 11.9 Å². The molecule has 0 aromatic heterocycles. The second-order valence-corrected chi connectivity index (χ2v) is 8.09. The van der Waals surface area contributed by atoms with Crippen LogP contribution in [0, 0.1) is 5.41 Å². The van der Waals surface area contributed by atoms with Gasteiger partial charge in [-0.05, 0) is 35.7 Å². The SMILES string of the molecule is COC(=O)c1ccc2c(c1)N(CC(=O)CC(C)(C)C)C(=O)c1c(O)cccc1O2. The third kappa shape index (κ3) is 4.23. The van der Waals surface area contributed by atoms with Crippen LogP contribution < -0.4 is 9.64 Å². The monoisotopic (exact) mass is 397 g/mol. The van der Waals surface area contributed by atoms with E-state index in [-0.39, 0.29) is 52.5 Å². The Labute approximate surface area is 168 Å². The van der Waals surface area contributed by atoms with Crippen LogP contribution in [0.1, 0.15) is 47.9 Å². The molecular formula is C22H23NO6. The lowest BCUT2D eigenvalue weighted by Gasteiger charge is -2.24. The number of phenolic OH excluding ortho intramolecular Hbond substituents is 1. The molecule has 0 spiro atoms. The first-order valence-electron chi connectivity index (χ1n) is 9.16. The standard InChI is InChI=1S/C22H23NO6/c1-22(2,3)11-14(24)12-23-15-10-13(21(27)28-4)8-9-17(15)29-18-7-5-6-16(25)19(18)20(23)26/h5-10,25H,11-12H2,1-4H3. The summed E-state index contributed by atoms with van der Waals surface area (Å²) in [7, 11) is 1.26. The van der Waals surface area contributed by atoms with Crippen molar-refractivity contribution in [2.24, 2.45) is 5.41 Å². The number of fused-ring (bicyclic) bond motifs is 2. The van der Waals surface area contributed by atoms with E-state index in [4.69, 9.17) is 9.47 Å². The maximum Gasteiger partial charge on any atom is 0.337 e. The number of ketones is 1. The van der Waals surface area contributed by atoms with Gasteiger partial charge in [-0.25, -0.2) is 4.79 Å². The highest BCUT2D eigenvalue weighted by atomic mass is 16.5. The number of carbonyl (C=O) groups is 3. The second kappa shape index (κ2) is 7.58. The number of Topliss-reactive ketones (excluding diaryl/α,β-unsaturated/α-hetero) is 1. The predicted molar refractivity (Wildman–Crippen MR) is 107 cm³/mol. The van der Waals surface area contributed by atoms with Gasteiger partial charge in [0.25, 0.3) is 5.91 Å². The fraction of sp³-hybridized carbons (Fsp3) is 0.318. The maximum atomic E-state index is 13.3. The van der Waals surface area contributed by atoms with E-state index in [1.54, 1.807) is 12.1 Å². The molecule has 0 unspecified atom stereocenters. The van der Waals surface area contributed by atoms with Crippen molar-refractivity contribution < 1.29 is 29.0 Å². The van der Waals surface area contributed by atoms with Gasteiger partial charge in [-0.15, -0.1) is 0 Å². The van der Waals surface area contributed by atoms with Crippen LogP contribution in [-0.2, 0) is 9.53 Å². The van der Waals surface area contributed by atoms with Gasteiger partial charge in [0.05, 0.1) is 24.9 Å². The van der Waals surface area contributed by atoms with Gasteiger partial charge in [-0.2, -0.15) is 0 Å². The number of carbonyl (C=O) groups excluding carboxylic acids is 3. The quantitative estimate of drug-likeness (QED) is 0.786. The molecule has 1 amide bonds. The third-order valence-electron chi connectivity index (χ3n) is 4.42. The van der Waals surface area contributed by atoms with Gasteiger partial charge in [0.15, 0.2) is 11.5 Å². The van der Waals surface area contributed by atoms with Gasteiger partial charge in [0.2, 0.25) is 0 Å². The van der Waals surface area contributed by atoms with E-state index in [0.29, 0.717) is 5.75 Å². The molecule has 152 valence electrons. The summed E-state index contributed by atoms with van der Waals surface area (Å²) in [6.07, 6.45) is 0.261. The summed E-state index contributed by atoms with van der Waals surface area (Å²) in [4.78, 5) is 39.2. The summed E-state index contributed by atoms with van der Waals surface area (Å²) in [6.45, 7) is 5.58. The van der Waals surface area contributed by atoms with Crippen LogP contribution in [0.4, 0.5) is 5.69 Å². The molecule has 0 bridgehead atoms. The first-order chi connectivity index (χ1) is 13.6. The first kappa shape index (κ1) is 20.4. The minimum Gasteiger partial charge on any atom is -0.507 e. The molecule has 3 rings (SSSR count). The average molecular weight is 397 g/mol. The van der Waals surface area contributed by atoms with E-state index in [1.807, 2.05) is 20.8 Å². The van der Waals surface area contributed by atoms with Crippen molar-refractivity contribution in [3.8, 4) is 17.2 Å². The zero-order valence-corrected chi connectivity index (χ0v) is 16.8. The van der Waals surface area contributed by atoms with E-state index >= 15 is 0 Å². The average Bonchev–Trinajstić information content (AvgIpc) is 2.75. The van der Waals surface area contributed by atoms with Crippen LogP contribution in [0.2, 0.25) is 0 Å². The molecule has 0 aliphatic carbocycles. The van der Waals surface area contributed by atoms with Crippen LogP contribution in [0.3, 0.4) is 0 Å². The van der Waals surface area contributed by atoms with Crippen molar-refractivity contribution in [2.75, 3.05) is 18.6 Å². The zero-order valence-electron chi connectivity index (χ0n) is 16.8. The van der Waals surface area contributed by atoms with Crippen molar-refractivity contribution in [2.45, 2.75) is 27.2 Å². The molecule has 1 aliphatic heterocycles. The Morgan fingerprint density at radius 3 is 2.52 bits per heavy atom. The molecule has 2 aromatic rings. The van der Waals surface area contributed by atoms with Crippen LogP contribution in [0.15, 0.2) is 36.4 Å². The molecule has 0 fully saturated rings. The van der Waals surface area contributed by atoms with Crippen molar-refractivity contribution in [3.05, 3.63) is 47.5 Å². The van der Waals surface area contributed by atoms with E-state index in [1.165, 1.54) is 36.3 Å². The molecule has 1 N–H and O–H groups in total. The number of ether oxygens (including phenoxy) is 2. The van der Waals surface area contributed by atoms with E-state index in [0.717, 1.165) is 0 Å². The normalized spacial score (nSPS) is 13.1. The second-order valence-electron chi connectivity index (χ2n) is 8.09. The summed E-state index contributed by atoms with van der Waals surface area (Å²) < 4.78 is 10.6. The van der Waals surface area contributed by atoms with Crippen LogP contribution >= 0.6 is 0 Å². The Balaban J connectivity index is 2.12. The summed E-state index contributed by atoms with van der Waals surface area (Å²) in [6, 6.07) is 9.00. The van der Waals surface area contributed by atoms with Crippen molar-refractivity contribution in [1.82, 2.24) is 0 Å². The number of methoxy groups -OCH3 is 1. The lowest BCUT2D eigenvalue weighted by Crippen LogP contribution is -2.36. The van der Waals surface area contributed by atoms with Crippen LogP contribution in [0.25, 0.3) is 0 Å². The predicted octanol–water partition coefficient (Wildman–Crippen LogP) is 3.94. The number of phenols is 1. The number of amides is 1. The van der Waals surface area contributed by atoms with Gasteiger partial charge in [0.1, 0.15) is 17.1 Å². The molecule has 0 radical (unpaired) electrons. The minimum absolute atomic E-state index is 0.0353. The largest absolute Gasteiger partial charge is 0.507 e. The maximum absolute atomic E-state index is 13.3. The van der Waals surface area contributed by atoms with Gasteiger partial charge in [0, 0.05) is 6.42 Å². The Bertz CT molecular complexity index is 989. The van der Waals surface area contributed by atoms with Gasteiger partial charge >= 0.3 is 5.97 Å². The number of benzene rings is 2. The van der Waals surface area contributed by atoms with Crippen molar-refractivity contribution in [1.29, 1.82) is 0 Å². The Hall–Kier alpha value is -3.35. The molecule has 1 heterocycles. The topological polar surface area (TPSA) is 93.1 Å². The molecule has 7 heteroatoms. The fourth-order valence-electron chi connectivity index (χ4n) is 3.22. The number of rotatable bonds is 4. The molecule has 0 atom stereocenters. The summed E-state index contributed by atoms with van der Waals surface area (Å²) >= 11 is 0. The van der Waals surface area contributed by atoms with Gasteiger partial charge in [-0.3, -0.25) is 14.5 Å². The van der Waals surface area contributed by atoms with Gasteiger partial charge in [-0.1, -0.05) is 26.8 Å². The highest BCUT2D eigenvalue weighted by molar-refractivity contribution is 6.14. The van der Waals surface area contributed by atoms with Crippen molar-refractivity contribution >= 4 is 23.3 Å². The Kier molecular flexibility index (Phi) is 5.33. The fourth-order valence-corrected chi connectivity index (χ4v) is 3.22. The third-order valence-corrected chi connectivity index (χ3v) is 4.42. The lowest BCUT2D eigenvalue weighted by atomic mass is 9.90. The number of nitrogens with zero attached hydrogens (tertiary/aromatic N) is 1. The number of hydrogen-bond acceptors (Lipinski definition) is 6. The molecule has 0 saturated carbocycles.